The summed E-state index contributed by atoms with van der Waals surface area (Å²) in [5, 5.41) is 11.4. The minimum absolute atomic E-state index is 0.000112. The molecule has 1 aromatic carbocycles. The minimum Gasteiger partial charge on any atom is -0.326 e. The zero-order chi connectivity index (χ0) is 16.6. The van der Waals surface area contributed by atoms with Crippen molar-refractivity contribution in [1.29, 1.82) is 0 Å². The molecule has 3 rings (SSSR count). The zero-order valence-electron chi connectivity index (χ0n) is 13.0. The monoisotopic (exact) mass is 339 g/mol. The van der Waals surface area contributed by atoms with Crippen LogP contribution in [0.5, 0.6) is 0 Å². The first-order valence-corrected chi connectivity index (χ1v) is 8.53. The number of nitrogens with one attached hydrogen (secondary N) is 1. The van der Waals surface area contributed by atoms with E-state index in [1.54, 1.807) is 30.6 Å². The number of carbonyl (C=O) groups excluding carboxylic acids is 1. The maximum absolute atomic E-state index is 12.1. The summed E-state index contributed by atoms with van der Waals surface area (Å²) in [6.45, 7) is 0.673. The normalized spacial score (nSPS) is 10.5. The first kappa shape index (κ1) is 16.2. The van der Waals surface area contributed by atoms with Gasteiger partial charge < -0.3 is 9.88 Å². The molecule has 0 spiro atoms. The van der Waals surface area contributed by atoms with Gasteiger partial charge in [0.25, 0.3) is 0 Å². The highest BCUT2D eigenvalue weighted by Crippen LogP contribution is 2.16. The summed E-state index contributed by atoms with van der Waals surface area (Å²) < 4.78 is 1.88. The van der Waals surface area contributed by atoms with Crippen LogP contribution in [-0.2, 0) is 11.3 Å². The van der Waals surface area contributed by atoms with Gasteiger partial charge >= 0.3 is 0 Å². The first-order valence-electron chi connectivity index (χ1n) is 7.54. The molecule has 0 fully saturated rings. The van der Waals surface area contributed by atoms with Gasteiger partial charge in [0.2, 0.25) is 5.91 Å². The van der Waals surface area contributed by atoms with Gasteiger partial charge in [-0.05, 0) is 29.8 Å². The highest BCUT2D eigenvalue weighted by molar-refractivity contribution is 7.99. The molecule has 0 saturated carbocycles. The summed E-state index contributed by atoms with van der Waals surface area (Å²) in [6.07, 6.45) is 5.53. The van der Waals surface area contributed by atoms with Crippen molar-refractivity contribution >= 4 is 23.4 Å². The Morgan fingerprint density at radius 1 is 1.12 bits per heavy atom. The molecule has 2 aromatic heterocycles. The molecule has 0 aliphatic heterocycles. The van der Waals surface area contributed by atoms with Crippen LogP contribution >= 0.6 is 11.8 Å². The zero-order valence-corrected chi connectivity index (χ0v) is 13.8. The van der Waals surface area contributed by atoms with Crippen molar-refractivity contribution in [1.82, 2.24) is 19.7 Å². The number of benzene rings is 1. The summed E-state index contributed by atoms with van der Waals surface area (Å²) in [7, 11) is 0. The molecule has 0 radical (unpaired) electrons. The second-order valence-corrected chi connectivity index (χ2v) is 6.26. The molecule has 1 N–H and O–H groups in total. The molecule has 2 heterocycles. The number of nitrogens with zero attached hydrogens (tertiary/aromatic N) is 4. The van der Waals surface area contributed by atoms with E-state index in [-0.39, 0.29) is 5.91 Å². The van der Waals surface area contributed by atoms with Crippen LogP contribution in [0.1, 0.15) is 12.0 Å². The maximum Gasteiger partial charge on any atom is 0.225 e. The number of rotatable bonds is 7. The standard InChI is InChI=1S/C17H17N5OS/c23-16(7-9-24-17-6-1-2-8-18-17)21-15-5-3-4-14(10-15)11-22-12-19-20-13-22/h1-6,8,10,12-13H,7,9,11H2,(H,21,23). The molecule has 0 aliphatic carbocycles. The molecule has 0 atom stereocenters. The van der Waals surface area contributed by atoms with Crippen LogP contribution < -0.4 is 5.32 Å². The highest BCUT2D eigenvalue weighted by atomic mass is 32.2. The van der Waals surface area contributed by atoms with Crippen molar-refractivity contribution in [2.75, 3.05) is 11.1 Å². The third-order valence-corrected chi connectivity index (χ3v) is 4.20. The van der Waals surface area contributed by atoms with E-state index in [0.29, 0.717) is 18.7 Å². The summed E-state index contributed by atoms with van der Waals surface area (Å²) >= 11 is 1.58. The molecule has 1 amide bonds. The molecular formula is C17H17N5OS. The number of carbonyl (C=O) groups is 1. The summed E-state index contributed by atoms with van der Waals surface area (Å²) in [5.41, 5.74) is 1.88. The average Bonchev–Trinajstić information content (AvgIpc) is 3.09. The Hall–Kier alpha value is -2.67. The van der Waals surface area contributed by atoms with Crippen molar-refractivity contribution < 1.29 is 4.79 Å². The van der Waals surface area contributed by atoms with Crippen molar-refractivity contribution in [2.24, 2.45) is 0 Å². The molecular weight excluding hydrogens is 322 g/mol. The van der Waals surface area contributed by atoms with E-state index >= 15 is 0 Å². The van der Waals surface area contributed by atoms with E-state index in [2.05, 4.69) is 20.5 Å². The Bertz CT molecular complexity index is 777. The quantitative estimate of drug-likeness (QED) is 0.670. The number of amides is 1. The van der Waals surface area contributed by atoms with E-state index in [1.807, 2.05) is 47.0 Å². The summed E-state index contributed by atoms with van der Waals surface area (Å²) in [5.74, 6) is 0.698. The van der Waals surface area contributed by atoms with Crippen LogP contribution in [0.25, 0.3) is 0 Å². The molecule has 7 heteroatoms. The fourth-order valence-corrected chi connectivity index (χ4v) is 2.97. The number of aromatic nitrogens is 4. The number of thioether (sulfide) groups is 1. The van der Waals surface area contributed by atoms with Gasteiger partial charge in [-0.1, -0.05) is 18.2 Å². The third-order valence-electron chi connectivity index (χ3n) is 3.26. The molecule has 122 valence electrons. The van der Waals surface area contributed by atoms with E-state index in [1.165, 1.54) is 0 Å². The van der Waals surface area contributed by atoms with Gasteiger partial charge in [0.15, 0.2) is 0 Å². The van der Waals surface area contributed by atoms with Crippen molar-refractivity contribution in [3.05, 3.63) is 66.9 Å². The van der Waals surface area contributed by atoms with Crippen molar-refractivity contribution in [3.8, 4) is 0 Å². The molecule has 6 nitrogen and oxygen atoms in total. The molecule has 3 aromatic rings. The van der Waals surface area contributed by atoms with Crippen LogP contribution in [0.4, 0.5) is 5.69 Å². The molecule has 0 bridgehead atoms. The highest BCUT2D eigenvalue weighted by Gasteiger charge is 2.04. The smallest absolute Gasteiger partial charge is 0.225 e. The Morgan fingerprint density at radius 3 is 2.79 bits per heavy atom. The Balaban J connectivity index is 1.49. The molecule has 0 unspecified atom stereocenters. The Labute approximate surface area is 144 Å². The second kappa shape index (κ2) is 8.26. The van der Waals surface area contributed by atoms with E-state index < -0.39 is 0 Å². The lowest BCUT2D eigenvalue weighted by atomic mass is 10.2. The van der Waals surface area contributed by atoms with Crippen LogP contribution in [0.15, 0.2) is 66.3 Å². The van der Waals surface area contributed by atoms with Gasteiger partial charge in [0, 0.05) is 24.1 Å². The number of pyridine rings is 1. The van der Waals surface area contributed by atoms with Gasteiger partial charge in [-0.3, -0.25) is 4.79 Å². The Morgan fingerprint density at radius 2 is 2.00 bits per heavy atom. The fourth-order valence-electron chi connectivity index (χ4n) is 2.17. The maximum atomic E-state index is 12.1. The molecule has 0 saturated heterocycles. The van der Waals surface area contributed by atoms with Crippen LogP contribution in [0.2, 0.25) is 0 Å². The van der Waals surface area contributed by atoms with Gasteiger partial charge in [0.05, 0.1) is 11.6 Å². The average molecular weight is 339 g/mol. The van der Waals surface area contributed by atoms with Crippen LogP contribution in [0, 0.1) is 0 Å². The van der Waals surface area contributed by atoms with Gasteiger partial charge in [0.1, 0.15) is 12.7 Å². The number of hydrogen-bond donors (Lipinski definition) is 1. The lowest BCUT2D eigenvalue weighted by molar-refractivity contribution is -0.115. The van der Waals surface area contributed by atoms with Crippen LogP contribution in [0.3, 0.4) is 0 Å². The van der Waals surface area contributed by atoms with Gasteiger partial charge in [-0.2, -0.15) is 0 Å². The number of hydrogen-bond acceptors (Lipinski definition) is 5. The van der Waals surface area contributed by atoms with Crippen LogP contribution in [-0.4, -0.2) is 31.4 Å². The van der Waals surface area contributed by atoms with E-state index in [9.17, 15) is 4.79 Å². The lowest BCUT2D eigenvalue weighted by Crippen LogP contribution is -2.12. The van der Waals surface area contributed by atoms with Crippen molar-refractivity contribution in [3.63, 3.8) is 0 Å². The molecule has 0 aliphatic rings. The predicted octanol–water partition coefficient (Wildman–Crippen LogP) is 2.84. The predicted molar refractivity (Wildman–Crippen MR) is 93.8 cm³/mol. The SMILES string of the molecule is O=C(CCSc1ccccn1)Nc1cccc(Cn2cnnc2)c1. The largest absolute Gasteiger partial charge is 0.326 e. The second-order valence-electron chi connectivity index (χ2n) is 5.15. The topological polar surface area (TPSA) is 72.7 Å². The van der Waals surface area contributed by atoms with Gasteiger partial charge in [-0.15, -0.1) is 22.0 Å². The van der Waals surface area contributed by atoms with E-state index in [0.717, 1.165) is 16.3 Å². The summed E-state index contributed by atoms with van der Waals surface area (Å²) in [6, 6.07) is 13.5. The van der Waals surface area contributed by atoms with Crippen molar-refractivity contribution in [2.45, 2.75) is 18.0 Å². The fraction of sp³-hybridized carbons (Fsp3) is 0.176. The molecule has 24 heavy (non-hydrogen) atoms. The Kier molecular flexibility index (Phi) is 5.57. The minimum atomic E-state index is -0.000112. The summed E-state index contributed by atoms with van der Waals surface area (Å²) in [4.78, 5) is 16.3. The third kappa shape index (κ3) is 4.92. The lowest BCUT2D eigenvalue weighted by Gasteiger charge is -2.08. The van der Waals surface area contributed by atoms with Gasteiger partial charge in [-0.25, -0.2) is 4.98 Å². The number of anilines is 1. The first-order chi connectivity index (χ1) is 11.8. The van der Waals surface area contributed by atoms with E-state index in [4.69, 9.17) is 0 Å².